The molecule has 2 aromatic carbocycles. The number of rotatable bonds is 9. The van der Waals surface area contributed by atoms with Crippen molar-refractivity contribution < 1.29 is 9.53 Å². The summed E-state index contributed by atoms with van der Waals surface area (Å²) in [5.41, 5.74) is 5.57. The Bertz CT molecular complexity index is 1080. The summed E-state index contributed by atoms with van der Waals surface area (Å²) in [6.45, 7) is 9.40. The zero-order valence-corrected chi connectivity index (χ0v) is 20.2. The number of hydrogen-bond acceptors (Lipinski definition) is 5. The number of hydrogen-bond donors (Lipinski definition) is 1. The van der Waals surface area contributed by atoms with Gasteiger partial charge in [0, 0.05) is 45.1 Å². The summed E-state index contributed by atoms with van der Waals surface area (Å²) in [4.78, 5) is 21.6. The van der Waals surface area contributed by atoms with E-state index in [-0.39, 0.29) is 5.91 Å². The minimum Gasteiger partial charge on any atom is -0.493 e. The van der Waals surface area contributed by atoms with Crippen LogP contribution in [0.2, 0.25) is 0 Å². The van der Waals surface area contributed by atoms with Crippen LogP contribution in [-0.4, -0.2) is 55.1 Å². The van der Waals surface area contributed by atoms with Gasteiger partial charge in [0.1, 0.15) is 5.75 Å². The second kappa shape index (κ2) is 11.7. The van der Waals surface area contributed by atoms with Crippen LogP contribution in [0.25, 0.3) is 0 Å². The Balaban J connectivity index is 1.26. The molecule has 1 aliphatic heterocycles. The SMILES string of the molecule is Cc1ccc(OCCC(=O)Nc2ccccc2N2CCN(CCc3ccncc3)CC2)c(C)c1. The minimum atomic E-state index is -0.0341. The fourth-order valence-electron chi connectivity index (χ4n) is 4.33. The zero-order valence-electron chi connectivity index (χ0n) is 20.2. The van der Waals surface area contributed by atoms with Gasteiger partial charge in [-0.1, -0.05) is 29.8 Å². The van der Waals surface area contributed by atoms with Gasteiger partial charge in [0.25, 0.3) is 0 Å². The van der Waals surface area contributed by atoms with Gasteiger partial charge in [-0.15, -0.1) is 0 Å². The van der Waals surface area contributed by atoms with Gasteiger partial charge >= 0.3 is 0 Å². The highest BCUT2D eigenvalue weighted by atomic mass is 16.5. The molecular weight excluding hydrogens is 424 g/mol. The standard InChI is InChI=1S/C28H34N4O2/c1-22-7-8-27(23(2)21-22)34-20-12-28(33)30-25-5-3-4-6-26(25)32-18-16-31(17-19-32)15-11-24-9-13-29-14-10-24/h3-10,13-14,21H,11-12,15-20H2,1-2H3,(H,30,33). The van der Waals surface area contributed by atoms with Crippen LogP contribution in [0.15, 0.2) is 67.0 Å². The molecule has 6 nitrogen and oxygen atoms in total. The van der Waals surface area contributed by atoms with Crippen LogP contribution in [0.5, 0.6) is 5.75 Å². The summed E-state index contributed by atoms with van der Waals surface area (Å²) in [5, 5.41) is 3.10. The number of amides is 1. The number of anilines is 2. The first-order valence-electron chi connectivity index (χ1n) is 12.0. The first-order valence-corrected chi connectivity index (χ1v) is 12.0. The van der Waals surface area contributed by atoms with Crippen LogP contribution in [0, 0.1) is 13.8 Å². The molecule has 178 valence electrons. The van der Waals surface area contributed by atoms with Crippen LogP contribution in [0.4, 0.5) is 11.4 Å². The second-order valence-corrected chi connectivity index (χ2v) is 8.87. The van der Waals surface area contributed by atoms with Crippen molar-refractivity contribution in [3.63, 3.8) is 0 Å². The van der Waals surface area contributed by atoms with Crippen molar-refractivity contribution in [1.82, 2.24) is 9.88 Å². The van der Waals surface area contributed by atoms with E-state index >= 15 is 0 Å². The van der Waals surface area contributed by atoms with Crippen molar-refractivity contribution in [3.8, 4) is 5.75 Å². The Morgan fingerprint density at radius 1 is 1.00 bits per heavy atom. The molecule has 0 saturated carbocycles. The molecule has 1 aromatic heterocycles. The largest absolute Gasteiger partial charge is 0.493 e. The van der Waals surface area contributed by atoms with Gasteiger partial charge in [-0.25, -0.2) is 0 Å². The Morgan fingerprint density at radius 3 is 2.53 bits per heavy atom. The van der Waals surface area contributed by atoms with Crippen molar-refractivity contribution in [3.05, 3.63) is 83.7 Å². The number of nitrogens with one attached hydrogen (secondary N) is 1. The molecule has 34 heavy (non-hydrogen) atoms. The van der Waals surface area contributed by atoms with E-state index < -0.39 is 0 Å². The monoisotopic (exact) mass is 458 g/mol. The van der Waals surface area contributed by atoms with Crippen LogP contribution in [-0.2, 0) is 11.2 Å². The first-order chi connectivity index (χ1) is 16.6. The number of carbonyl (C=O) groups is 1. The summed E-state index contributed by atoms with van der Waals surface area (Å²) in [6.07, 6.45) is 5.06. The number of benzene rings is 2. The molecule has 0 radical (unpaired) electrons. The number of aryl methyl sites for hydroxylation is 2. The molecule has 1 aliphatic rings. The third-order valence-corrected chi connectivity index (χ3v) is 6.27. The molecule has 3 aromatic rings. The maximum Gasteiger partial charge on any atom is 0.227 e. The van der Waals surface area contributed by atoms with E-state index in [4.69, 9.17) is 4.74 Å². The number of para-hydroxylation sites is 2. The van der Waals surface area contributed by atoms with Crippen LogP contribution in [0.1, 0.15) is 23.1 Å². The average molecular weight is 459 g/mol. The van der Waals surface area contributed by atoms with E-state index in [0.29, 0.717) is 13.0 Å². The van der Waals surface area contributed by atoms with Gasteiger partial charge in [0.15, 0.2) is 0 Å². The lowest BCUT2D eigenvalue weighted by atomic mass is 10.1. The van der Waals surface area contributed by atoms with Gasteiger partial charge in [-0.3, -0.25) is 14.7 Å². The molecule has 0 spiro atoms. The maximum atomic E-state index is 12.6. The van der Waals surface area contributed by atoms with E-state index in [2.05, 4.69) is 51.3 Å². The van der Waals surface area contributed by atoms with Gasteiger partial charge in [0.05, 0.1) is 24.4 Å². The number of pyridine rings is 1. The molecule has 1 N–H and O–H groups in total. The quantitative estimate of drug-likeness (QED) is 0.513. The molecule has 1 fully saturated rings. The van der Waals surface area contributed by atoms with Gasteiger partial charge in [-0.2, -0.15) is 0 Å². The van der Waals surface area contributed by atoms with E-state index in [9.17, 15) is 4.79 Å². The molecule has 1 amide bonds. The topological polar surface area (TPSA) is 57.7 Å². The average Bonchev–Trinajstić information content (AvgIpc) is 2.85. The van der Waals surface area contributed by atoms with Gasteiger partial charge in [-0.05, 0) is 61.7 Å². The first kappa shape index (κ1) is 23.8. The maximum absolute atomic E-state index is 12.6. The lowest BCUT2D eigenvalue weighted by Gasteiger charge is -2.37. The number of nitrogens with zero attached hydrogens (tertiary/aromatic N) is 3. The summed E-state index contributed by atoms with van der Waals surface area (Å²) in [7, 11) is 0. The lowest BCUT2D eigenvalue weighted by molar-refractivity contribution is -0.116. The van der Waals surface area contributed by atoms with Crippen molar-refractivity contribution in [2.45, 2.75) is 26.7 Å². The van der Waals surface area contributed by atoms with E-state index in [0.717, 1.165) is 61.8 Å². The number of carbonyl (C=O) groups excluding carboxylic acids is 1. The molecule has 0 aliphatic carbocycles. The highest BCUT2D eigenvalue weighted by Crippen LogP contribution is 2.27. The van der Waals surface area contributed by atoms with Crippen LogP contribution < -0.4 is 15.0 Å². The van der Waals surface area contributed by atoms with Gasteiger partial charge < -0.3 is 15.0 Å². The Kier molecular flexibility index (Phi) is 8.15. The van der Waals surface area contributed by atoms with Crippen LogP contribution in [0.3, 0.4) is 0 Å². The van der Waals surface area contributed by atoms with Crippen molar-refractivity contribution >= 4 is 17.3 Å². The third-order valence-electron chi connectivity index (χ3n) is 6.27. The lowest BCUT2D eigenvalue weighted by Crippen LogP contribution is -2.47. The van der Waals surface area contributed by atoms with E-state index in [1.165, 1.54) is 11.1 Å². The molecule has 4 rings (SSSR count). The van der Waals surface area contributed by atoms with Crippen molar-refractivity contribution in [2.75, 3.05) is 49.5 Å². The summed E-state index contributed by atoms with van der Waals surface area (Å²) >= 11 is 0. The number of aromatic nitrogens is 1. The Hall–Kier alpha value is -3.38. The molecule has 1 saturated heterocycles. The second-order valence-electron chi connectivity index (χ2n) is 8.87. The summed E-state index contributed by atoms with van der Waals surface area (Å²) < 4.78 is 5.83. The van der Waals surface area contributed by atoms with Gasteiger partial charge in [0.2, 0.25) is 5.91 Å². The fourth-order valence-corrected chi connectivity index (χ4v) is 4.33. The Morgan fingerprint density at radius 2 is 1.76 bits per heavy atom. The minimum absolute atomic E-state index is 0.0341. The molecule has 6 heteroatoms. The zero-order chi connectivity index (χ0) is 23.8. The number of ether oxygens (including phenoxy) is 1. The predicted octanol–water partition coefficient (Wildman–Crippen LogP) is 4.47. The smallest absolute Gasteiger partial charge is 0.227 e. The molecule has 2 heterocycles. The fraction of sp³-hybridized carbons (Fsp3) is 0.357. The third kappa shape index (κ3) is 6.58. The molecule has 0 bridgehead atoms. The van der Waals surface area contributed by atoms with Crippen molar-refractivity contribution in [2.24, 2.45) is 0 Å². The van der Waals surface area contributed by atoms with Crippen molar-refractivity contribution in [1.29, 1.82) is 0 Å². The highest BCUT2D eigenvalue weighted by molar-refractivity contribution is 5.94. The Labute approximate surface area is 202 Å². The van der Waals surface area contributed by atoms with E-state index in [1.54, 1.807) is 0 Å². The van der Waals surface area contributed by atoms with Crippen LogP contribution >= 0.6 is 0 Å². The highest BCUT2D eigenvalue weighted by Gasteiger charge is 2.19. The van der Waals surface area contributed by atoms with E-state index in [1.807, 2.05) is 49.6 Å². The normalized spacial score (nSPS) is 14.1. The number of piperazine rings is 1. The molecular formula is C28H34N4O2. The molecule has 0 atom stereocenters. The molecule has 0 unspecified atom stereocenters. The summed E-state index contributed by atoms with van der Waals surface area (Å²) in [5.74, 6) is 0.800. The summed E-state index contributed by atoms with van der Waals surface area (Å²) in [6, 6.07) is 18.3. The predicted molar refractivity (Wildman–Crippen MR) is 138 cm³/mol.